The third-order valence-electron chi connectivity index (χ3n) is 3.75. The van der Waals surface area contributed by atoms with Gasteiger partial charge in [-0.1, -0.05) is 6.07 Å². The maximum Gasteiger partial charge on any atom is 0.241 e. The molecule has 0 aliphatic heterocycles. The summed E-state index contributed by atoms with van der Waals surface area (Å²) in [6.07, 6.45) is 3.18. The predicted octanol–water partition coefficient (Wildman–Crippen LogP) is 3.06. The van der Waals surface area contributed by atoms with Crippen molar-refractivity contribution in [3.05, 3.63) is 52.8 Å². The van der Waals surface area contributed by atoms with E-state index in [4.69, 9.17) is 0 Å². The standard InChI is InChI=1S/C17H20N4O2S2/c1-12-10-15(21-20-12)16-11-17(13(2)24-16)25(22,23)19-9-5-7-14-6-3-4-8-18-14/h3-4,6,8,10-11,19H,5,7,9H2,1-2H3,(H,20,21). The lowest BCUT2D eigenvalue weighted by Crippen LogP contribution is -2.25. The van der Waals surface area contributed by atoms with Crippen LogP contribution in [0.1, 0.15) is 22.7 Å². The summed E-state index contributed by atoms with van der Waals surface area (Å²) in [5.74, 6) is 0. The Hall–Kier alpha value is -2.03. The quantitative estimate of drug-likeness (QED) is 0.620. The monoisotopic (exact) mass is 376 g/mol. The first-order chi connectivity index (χ1) is 12.0. The van der Waals surface area contributed by atoms with Gasteiger partial charge in [0.1, 0.15) is 5.69 Å². The Kier molecular flexibility index (Phi) is 5.31. The third-order valence-corrected chi connectivity index (χ3v) is 6.54. The van der Waals surface area contributed by atoms with E-state index < -0.39 is 10.0 Å². The van der Waals surface area contributed by atoms with Gasteiger partial charge in [-0.3, -0.25) is 10.1 Å². The molecule has 0 bridgehead atoms. The number of hydrogen-bond donors (Lipinski definition) is 2. The van der Waals surface area contributed by atoms with Crippen LogP contribution < -0.4 is 4.72 Å². The van der Waals surface area contributed by atoms with Crippen LogP contribution in [-0.4, -0.2) is 30.1 Å². The van der Waals surface area contributed by atoms with Gasteiger partial charge in [0, 0.05) is 29.0 Å². The van der Waals surface area contributed by atoms with Gasteiger partial charge in [-0.15, -0.1) is 11.3 Å². The molecule has 0 amide bonds. The molecule has 2 N–H and O–H groups in total. The summed E-state index contributed by atoms with van der Waals surface area (Å²) in [6, 6.07) is 9.33. The van der Waals surface area contributed by atoms with E-state index in [2.05, 4.69) is 19.9 Å². The molecule has 3 rings (SSSR count). The molecular weight excluding hydrogens is 356 g/mol. The molecule has 3 aromatic heterocycles. The average molecular weight is 377 g/mol. The molecule has 0 aromatic carbocycles. The number of thiophene rings is 1. The SMILES string of the molecule is Cc1cc(-c2cc(S(=O)(=O)NCCCc3ccccn3)c(C)s2)n[nH]1. The highest BCUT2D eigenvalue weighted by molar-refractivity contribution is 7.89. The highest BCUT2D eigenvalue weighted by Crippen LogP contribution is 2.32. The summed E-state index contributed by atoms with van der Waals surface area (Å²) in [4.78, 5) is 6.16. The van der Waals surface area contributed by atoms with Crippen molar-refractivity contribution in [1.29, 1.82) is 0 Å². The predicted molar refractivity (Wildman–Crippen MR) is 99.1 cm³/mol. The molecule has 0 unspecified atom stereocenters. The number of nitrogens with one attached hydrogen (secondary N) is 2. The number of nitrogens with zero attached hydrogens (tertiary/aromatic N) is 2. The molecule has 8 heteroatoms. The van der Waals surface area contributed by atoms with E-state index >= 15 is 0 Å². The van der Waals surface area contributed by atoms with Crippen LogP contribution in [0, 0.1) is 13.8 Å². The number of sulfonamides is 1. The number of aromatic amines is 1. The second-order valence-electron chi connectivity index (χ2n) is 5.79. The molecule has 132 valence electrons. The zero-order valence-corrected chi connectivity index (χ0v) is 15.7. The van der Waals surface area contributed by atoms with Gasteiger partial charge in [-0.25, -0.2) is 13.1 Å². The Morgan fingerprint density at radius 3 is 2.76 bits per heavy atom. The topological polar surface area (TPSA) is 87.7 Å². The zero-order valence-electron chi connectivity index (χ0n) is 14.1. The summed E-state index contributed by atoms with van der Waals surface area (Å²) in [5.41, 5.74) is 2.67. The lowest BCUT2D eigenvalue weighted by molar-refractivity contribution is 0.578. The van der Waals surface area contributed by atoms with Crippen molar-refractivity contribution in [2.75, 3.05) is 6.54 Å². The number of aryl methyl sites for hydroxylation is 3. The van der Waals surface area contributed by atoms with E-state index in [0.29, 0.717) is 17.9 Å². The lowest BCUT2D eigenvalue weighted by atomic mass is 10.2. The van der Waals surface area contributed by atoms with Gasteiger partial charge in [-0.05, 0) is 51.0 Å². The first-order valence-electron chi connectivity index (χ1n) is 7.98. The molecule has 3 heterocycles. The fourth-order valence-electron chi connectivity index (χ4n) is 2.50. The Morgan fingerprint density at radius 1 is 1.24 bits per heavy atom. The maximum atomic E-state index is 12.6. The van der Waals surface area contributed by atoms with Crippen LogP contribution in [0.5, 0.6) is 0 Å². The molecule has 3 aromatic rings. The summed E-state index contributed by atoms with van der Waals surface area (Å²) in [5, 5.41) is 7.07. The van der Waals surface area contributed by atoms with Crippen LogP contribution in [-0.2, 0) is 16.4 Å². The van der Waals surface area contributed by atoms with Crippen LogP contribution in [0.3, 0.4) is 0 Å². The van der Waals surface area contributed by atoms with E-state index in [1.807, 2.05) is 38.1 Å². The number of H-pyrrole nitrogens is 1. The van der Waals surface area contributed by atoms with Crippen molar-refractivity contribution in [3.63, 3.8) is 0 Å². The molecule has 0 fully saturated rings. The maximum absolute atomic E-state index is 12.6. The Labute approximate surface area is 151 Å². The minimum Gasteiger partial charge on any atom is -0.282 e. The Balaban J connectivity index is 1.65. The molecule has 0 radical (unpaired) electrons. The second kappa shape index (κ2) is 7.47. The molecule has 0 saturated heterocycles. The smallest absolute Gasteiger partial charge is 0.241 e. The normalized spacial score (nSPS) is 11.8. The van der Waals surface area contributed by atoms with E-state index in [9.17, 15) is 8.42 Å². The molecule has 25 heavy (non-hydrogen) atoms. The van der Waals surface area contributed by atoms with Crippen LogP contribution >= 0.6 is 11.3 Å². The number of rotatable bonds is 7. The molecule has 0 atom stereocenters. The van der Waals surface area contributed by atoms with Crippen molar-refractivity contribution in [1.82, 2.24) is 19.9 Å². The van der Waals surface area contributed by atoms with E-state index in [1.165, 1.54) is 11.3 Å². The van der Waals surface area contributed by atoms with E-state index in [0.717, 1.165) is 33.3 Å². The Bertz CT molecular complexity index is 946. The van der Waals surface area contributed by atoms with Crippen LogP contribution in [0.15, 0.2) is 41.4 Å². The summed E-state index contributed by atoms with van der Waals surface area (Å²) >= 11 is 1.43. The minimum atomic E-state index is -3.52. The van der Waals surface area contributed by atoms with Crippen LogP contribution in [0.2, 0.25) is 0 Å². The Morgan fingerprint density at radius 2 is 2.08 bits per heavy atom. The molecule has 0 aliphatic carbocycles. The van der Waals surface area contributed by atoms with Crippen molar-refractivity contribution >= 4 is 21.4 Å². The van der Waals surface area contributed by atoms with Gasteiger partial charge < -0.3 is 0 Å². The summed E-state index contributed by atoms with van der Waals surface area (Å²) in [6.45, 7) is 4.11. The van der Waals surface area contributed by atoms with E-state index in [1.54, 1.807) is 12.3 Å². The second-order valence-corrected chi connectivity index (χ2v) is 8.78. The highest BCUT2D eigenvalue weighted by atomic mass is 32.2. The van der Waals surface area contributed by atoms with Gasteiger partial charge in [0.15, 0.2) is 0 Å². The van der Waals surface area contributed by atoms with Gasteiger partial charge >= 0.3 is 0 Å². The molecule has 0 spiro atoms. The largest absolute Gasteiger partial charge is 0.282 e. The fourth-order valence-corrected chi connectivity index (χ4v) is 5.13. The summed E-state index contributed by atoms with van der Waals surface area (Å²) in [7, 11) is -3.52. The molecule has 0 aliphatic rings. The minimum absolute atomic E-state index is 0.325. The van der Waals surface area contributed by atoms with Crippen molar-refractivity contribution in [3.8, 4) is 10.6 Å². The summed E-state index contributed by atoms with van der Waals surface area (Å²) < 4.78 is 27.8. The fraction of sp³-hybridized carbons (Fsp3) is 0.294. The number of pyridine rings is 1. The van der Waals surface area contributed by atoms with Crippen LogP contribution in [0.4, 0.5) is 0 Å². The molecule has 0 saturated carbocycles. The van der Waals surface area contributed by atoms with Gasteiger partial charge in [0.2, 0.25) is 10.0 Å². The van der Waals surface area contributed by atoms with Crippen molar-refractivity contribution < 1.29 is 8.42 Å². The lowest BCUT2D eigenvalue weighted by Gasteiger charge is -2.06. The van der Waals surface area contributed by atoms with Gasteiger partial charge in [0.25, 0.3) is 0 Å². The molecular formula is C17H20N4O2S2. The number of hydrogen-bond acceptors (Lipinski definition) is 5. The number of aromatic nitrogens is 3. The van der Waals surface area contributed by atoms with Gasteiger partial charge in [-0.2, -0.15) is 5.10 Å². The molecule has 6 nitrogen and oxygen atoms in total. The van der Waals surface area contributed by atoms with Crippen LogP contribution in [0.25, 0.3) is 10.6 Å². The first-order valence-corrected chi connectivity index (χ1v) is 10.3. The first kappa shape index (κ1) is 17.8. The van der Waals surface area contributed by atoms with Crippen molar-refractivity contribution in [2.24, 2.45) is 0 Å². The highest BCUT2D eigenvalue weighted by Gasteiger charge is 2.20. The average Bonchev–Trinajstić information content (AvgIpc) is 3.19. The van der Waals surface area contributed by atoms with Crippen molar-refractivity contribution in [2.45, 2.75) is 31.6 Å². The van der Waals surface area contributed by atoms with E-state index in [-0.39, 0.29) is 0 Å². The van der Waals surface area contributed by atoms with Gasteiger partial charge in [0.05, 0.1) is 9.77 Å². The zero-order chi connectivity index (χ0) is 17.9. The third kappa shape index (κ3) is 4.33.